The van der Waals surface area contributed by atoms with Crippen LogP contribution >= 0.6 is 11.3 Å². The molecule has 2 heterocycles. The highest BCUT2D eigenvalue weighted by Gasteiger charge is 2.38. The van der Waals surface area contributed by atoms with E-state index in [1.165, 1.54) is 49.5 Å². The minimum atomic E-state index is -0.359. The quantitative estimate of drug-likeness (QED) is 0.634. The van der Waals surface area contributed by atoms with Crippen LogP contribution in [0, 0.1) is 10.1 Å². The van der Waals surface area contributed by atoms with Crippen LogP contribution in [0.5, 0.6) is 0 Å². The first-order chi connectivity index (χ1) is 12.7. The molecule has 0 unspecified atom stereocenters. The fraction of sp³-hybridized carbons (Fsp3) is 0.611. The zero-order chi connectivity index (χ0) is 18.0. The van der Waals surface area contributed by atoms with Crippen LogP contribution in [0.4, 0.5) is 10.8 Å². The van der Waals surface area contributed by atoms with Crippen LogP contribution in [0.1, 0.15) is 32.1 Å². The maximum absolute atomic E-state index is 11.0. The Morgan fingerprint density at radius 1 is 1.27 bits per heavy atom. The number of hydrogen-bond acceptors (Lipinski definition) is 7. The molecule has 8 heteroatoms. The minimum absolute atomic E-state index is 0.116. The maximum atomic E-state index is 11.0. The Kier molecular flexibility index (Phi) is 5.06. The topological polar surface area (TPSA) is 80.5 Å². The van der Waals surface area contributed by atoms with E-state index in [0.29, 0.717) is 0 Å². The van der Waals surface area contributed by atoms with Crippen LogP contribution in [-0.2, 0) is 4.74 Å². The number of fused-ring (bicyclic) bond motifs is 1. The zero-order valence-electron chi connectivity index (χ0n) is 14.8. The summed E-state index contributed by atoms with van der Waals surface area (Å²) in [6.45, 7) is 4.48. The van der Waals surface area contributed by atoms with Gasteiger partial charge in [-0.15, -0.1) is 0 Å². The molecule has 26 heavy (non-hydrogen) atoms. The van der Waals surface area contributed by atoms with Crippen LogP contribution < -0.4 is 5.32 Å². The van der Waals surface area contributed by atoms with E-state index >= 15 is 0 Å². The van der Waals surface area contributed by atoms with Crippen molar-refractivity contribution < 1.29 is 9.66 Å². The molecule has 1 aliphatic heterocycles. The van der Waals surface area contributed by atoms with E-state index in [2.05, 4.69) is 15.2 Å². The van der Waals surface area contributed by atoms with Crippen molar-refractivity contribution in [2.45, 2.75) is 37.6 Å². The molecule has 2 aliphatic rings. The molecule has 1 saturated carbocycles. The second-order valence-corrected chi connectivity index (χ2v) is 8.20. The summed E-state index contributed by atoms with van der Waals surface area (Å²) in [6, 6.07) is 4.85. The highest BCUT2D eigenvalue weighted by Crippen LogP contribution is 2.36. The molecule has 0 bridgehead atoms. The number of aromatic nitrogens is 1. The Bertz CT molecular complexity index is 782. The third kappa shape index (κ3) is 3.54. The summed E-state index contributed by atoms with van der Waals surface area (Å²) in [5, 5.41) is 15.4. The Morgan fingerprint density at radius 3 is 2.77 bits per heavy atom. The molecule has 2 fully saturated rings. The predicted molar refractivity (Wildman–Crippen MR) is 103 cm³/mol. The molecule has 1 aromatic heterocycles. The third-order valence-electron chi connectivity index (χ3n) is 5.62. The van der Waals surface area contributed by atoms with Crippen LogP contribution in [-0.4, -0.2) is 53.2 Å². The van der Waals surface area contributed by atoms with Gasteiger partial charge in [0, 0.05) is 37.3 Å². The van der Waals surface area contributed by atoms with Crippen molar-refractivity contribution in [1.82, 2.24) is 9.88 Å². The van der Waals surface area contributed by atoms with Crippen molar-refractivity contribution >= 4 is 32.4 Å². The first kappa shape index (κ1) is 17.6. The molecule has 0 radical (unpaired) electrons. The Hall–Kier alpha value is -1.77. The number of rotatable bonds is 5. The third-order valence-corrected chi connectivity index (χ3v) is 6.59. The van der Waals surface area contributed by atoms with Gasteiger partial charge in [0.05, 0.1) is 28.4 Å². The van der Waals surface area contributed by atoms with Gasteiger partial charge in [0.1, 0.15) is 0 Å². The Balaban J connectivity index is 1.51. The lowest BCUT2D eigenvalue weighted by Gasteiger charge is -2.48. The Labute approximate surface area is 156 Å². The van der Waals surface area contributed by atoms with E-state index in [1.807, 2.05) is 0 Å². The maximum Gasteiger partial charge on any atom is 0.270 e. The number of benzene rings is 1. The fourth-order valence-corrected chi connectivity index (χ4v) is 5.09. The number of thiazole rings is 1. The summed E-state index contributed by atoms with van der Waals surface area (Å²) in [7, 11) is 0. The summed E-state index contributed by atoms with van der Waals surface area (Å²) in [5.41, 5.74) is 1.10. The van der Waals surface area contributed by atoms with Crippen LogP contribution in [0.3, 0.4) is 0 Å². The SMILES string of the molecule is O=[N+]([O-])c1ccc2nc(NCC3(N4CCOCC4)CCCCC3)sc2c1. The number of anilines is 1. The number of hydrogen-bond donors (Lipinski definition) is 1. The summed E-state index contributed by atoms with van der Waals surface area (Å²) in [5.74, 6) is 0. The zero-order valence-corrected chi connectivity index (χ0v) is 15.6. The standard InChI is InChI=1S/C18H24N4O3S/c23-22(24)14-4-5-15-16(12-14)26-17(20-15)19-13-18(6-2-1-3-7-18)21-8-10-25-11-9-21/h4-5,12H,1-3,6-11,13H2,(H,19,20). The van der Waals surface area contributed by atoms with Crippen LogP contribution in [0.25, 0.3) is 10.2 Å². The van der Waals surface area contributed by atoms with Crippen molar-refractivity contribution in [2.24, 2.45) is 0 Å². The number of nitro groups is 1. The van der Waals surface area contributed by atoms with E-state index in [-0.39, 0.29) is 16.1 Å². The van der Waals surface area contributed by atoms with Crippen molar-refractivity contribution in [3.8, 4) is 0 Å². The average molecular weight is 376 g/mol. The van der Waals surface area contributed by atoms with Gasteiger partial charge in [-0.2, -0.15) is 0 Å². The number of morpholine rings is 1. The molecule has 1 N–H and O–H groups in total. The van der Waals surface area contributed by atoms with Gasteiger partial charge < -0.3 is 10.1 Å². The van der Waals surface area contributed by atoms with Crippen molar-refractivity contribution in [2.75, 3.05) is 38.2 Å². The van der Waals surface area contributed by atoms with E-state index in [9.17, 15) is 10.1 Å². The summed E-state index contributed by atoms with van der Waals surface area (Å²) < 4.78 is 6.39. The number of non-ortho nitro benzene ring substituents is 1. The smallest absolute Gasteiger partial charge is 0.270 e. The number of ether oxygens (including phenoxy) is 1. The van der Waals surface area contributed by atoms with E-state index < -0.39 is 0 Å². The van der Waals surface area contributed by atoms with Gasteiger partial charge in [0.25, 0.3) is 5.69 Å². The van der Waals surface area contributed by atoms with Gasteiger partial charge in [-0.3, -0.25) is 15.0 Å². The highest BCUT2D eigenvalue weighted by molar-refractivity contribution is 7.22. The molecule has 0 atom stereocenters. The van der Waals surface area contributed by atoms with Gasteiger partial charge in [-0.05, 0) is 18.9 Å². The van der Waals surface area contributed by atoms with Gasteiger partial charge in [0.2, 0.25) is 0 Å². The number of nitrogens with zero attached hydrogens (tertiary/aromatic N) is 3. The molecule has 0 amide bonds. The largest absolute Gasteiger partial charge is 0.379 e. The predicted octanol–water partition coefficient (Wildman–Crippen LogP) is 3.65. The molecule has 140 valence electrons. The highest BCUT2D eigenvalue weighted by atomic mass is 32.1. The lowest BCUT2D eigenvalue weighted by atomic mass is 9.80. The number of nitro benzene ring substituents is 1. The number of nitrogens with one attached hydrogen (secondary N) is 1. The van der Waals surface area contributed by atoms with E-state index in [0.717, 1.165) is 48.2 Å². The molecular formula is C18H24N4O3S. The molecule has 7 nitrogen and oxygen atoms in total. The fourth-order valence-electron chi connectivity index (χ4n) is 4.20. The molecule has 0 spiro atoms. The van der Waals surface area contributed by atoms with Crippen LogP contribution in [0.2, 0.25) is 0 Å². The second-order valence-electron chi connectivity index (χ2n) is 7.17. The van der Waals surface area contributed by atoms with Crippen LogP contribution in [0.15, 0.2) is 18.2 Å². The summed E-state index contributed by atoms with van der Waals surface area (Å²) in [4.78, 5) is 17.8. The first-order valence-corrected chi connectivity index (χ1v) is 10.1. The summed E-state index contributed by atoms with van der Waals surface area (Å²) in [6.07, 6.45) is 6.26. The van der Waals surface area contributed by atoms with Gasteiger partial charge in [0.15, 0.2) is 5.13 Å². The van der Waals surface area contributed by atoms with Gasteiger partial charge >= 0.3 is 0 Å². The molecule has 1 aliphatic carbocycles. The molecule has 2 aromatic rings. The Morgan fingerprint density at radius 2 is 2.04 bits per heavy atom. The molecule has 4 rings (SSSR count). The second kappa shape index (κ2) is 7.46. The lowest BCUT2D eigenvalue weighted by molar-refractivity contribution is -0.384. The van der Waals surface area contributed by atoms with Gasteiger partial charge in [-0.25, -0.2) is 4.98 Å². The molecule has 1 aromatic carbocycles. The normalized spacial score (nSPS) is 20.9. The molecule has 1 saturated heterocycles. The van der Waals surface area contributed by atoms with E-state index in [1.54, 1.807) is 12.1 Å². The van der Waals surface area contributed by atoms with E-state index in [4.69, 9.17) is 4.74 Å². The molecular weight excluding hydrogens is 352 g/mol. The lowest BCUT2D eigenvalue weighted by Crippen LogP contribution is -2.57. The van der Waals surface area contributed by atoms with Crippen molar-refractivity contribution in [3.05, 3.63) is 28.3 Å². The average Bonchev–Trinajstić information content (AvgIpc) is 3.10. The van der Waals surface area contributed by atoms with Gasteiger partial charge in [-0.1, -0.05) is 30.6 Å². The summed E-state index contributed by atoms with van der Waals surface area (Å²) >= 11 is 1.49. The first-order valence-electron chi connectivity index (χ1n) is 9.28. The van der Waals surface area contributed by atoms with Crippen molar-refractivity contribution in [1.29, 1.82) is 0 Å². The van der Waals surface area contributed by atoms with Crippen molar-refractivity contribution in [3.63, 3.8) is 0 Å². The minimum Gasteiger partial charge on any atom is -0.379 e. The monoisotopic (exact) mass is 376 g/mol.